The second kappa shape index (κ2) is 5.80. The van der Waals surface area contributed by atoms with Gasteiger partial charge in [-0.3, -0.25) is 4.79 Å². The standard InChI is InChI=1S/C12H17NO2S/c1-9(8-16-3)13(2)12(15)10-4-6-11(14)7-5-10/h4-7,9,14H,8H2,1-3H3. The van der Waals surface area contributed by atoms with Gasteiger partial charge in [-0.1, -0.05) is 0 Å². The summed E-state index contributed by atoms with van der Waals surface area (Å²) in [7, 11) is 1.80. The fourth-order valence-electron chi connectivity index (χ4n) is 1.36. The number of phenolic OH excluding ortho intramolecular Hbond substituents is 1. The van der Waals surface area contributed by atoms with Crippen molar-refractivity contribution in [2.75, 3.05) is 19.1 Å². The van der Waals surface area contributed by atoms with Gasteiger partial charge in [0.1, 0.15) is 5.75 Å². The molecule has 0 aromatic heterocycles. The number of hydrogen-bond donors (Lipinski definition) is 1. The van der Waals surface area contributed by atoms with Crippen molar-refractivity contribution < 1.29 is 9.90 Å². The van der Waals surface area contributed by atoms with Gasteiger partial charge in [0.05, 0.1) is 0 Å². The molecule has 1 atom stereocenters. The Kier molecular flexibility index (Phi) is 4.68. The molecule has 0 saturated heterocycles. The summed E-state index contributed by atoms with van der Waals surface area (Å²) in [6.07, 6.45) is 2.02. The van der Waals surface area contributed by atoms with Gasteiger partial charge in [-0.2, -0.15) is 11.8 Å². The highest BCUT2D eigenvalue weighted by molar-refractivity contribution is 7.98. The number of carbonyl (C=O) groups is 1. The molecule has 0 aliphatic carbocycles. The highest BCUT2D eigenvalue weighted by atomic mass is 32.2. The Labute approximate surface area is 100 Å². The molecule has 0 radical (unpaired) electrons. The largest absolute Gasteiger partial charge is 0.508 e. The molecule has 0 bridgehead atoms. The monoisotopic (exact) mass is 239 g/mol. The van der Waals surface area contributed by atoms with Gasteiger partial charge in [0.2, 0.25) is 0 Å². The highest BCUT2D eigenvalue weighted by Gasteiger charge is 2.16. The second-order valence-electron chi connectivity index (χ2n) is 3.77. The zero-order valence-corrected chi connectivity index (χ0v) is 10.6. The molecule has 0 aliphatic heterocycles. The number of hydrogen-bond acceptors (Lipinski definition) is 3. The summed E-state index contributed by atoms with van der Waals surface area (Å²) in [5, 5.41) is 9.14. The maximum Gasteiger partial charge on any atom is 0.253 e. The van der Waals surface area contributed by atoms with Crippen molar-refractivity contribution in [2.45, 2.75) is 13.0 Å². The van der Waals surface area contributed by atoms with E-state index in [2.05, 4.69) is 0 Å². The molecule has 0 aliphatic rings. The number of amides is 1. The molecule has 1 unspecified atom stereocenters. The third-order valence-electron chi connectivity index (χ3n) is 2.50. The van der Waals surface area contributed by atoms with E-state index >= 15 is 0 Å². The first kappa shape index (κ1) is 12.9. The maximum atomic E-state index is 12.0. The van der Waals surface area contributed by atoms with Crippen LogP contribution in [0, 0.1) is 0 Å². The first-order valence-electron chi connectivity index (χ1n) is 5.11. The summed E-state index contributed by atoms with van der Waals surface area (Å²) < 4.78 is 0. The van der Waals surface area contributed by atoms with Gasteiger partial charge in [0, 0.05) is 24.4 Å². The SMILES string of the molecule is CSCC(C)N(C)C(=O)c1ccc(O)cc1. The first-order valence-corrected chi connectivity index (χ1v) is 6.50. The van der Waals surface area contributed by atoms with Crippen molar-refractivity contribution >= 4 is 17.7 Å². The number of thioether (sulfide) groups is 1. The molecule has 3 nitrogen and oxygen atoms in total. The minimum absolute atomic E-state index is 0.0125. The predicted molar refractivity (Wildman–Crippen MR) is 68.0 cm³/mol. The van der Waals surface area contributed by atoms with Gasteiger partial charge in [0.25, 0.3) is 5.91 Å². The van der Waals surface area contributed by atoms with E-state index in [9.17, 15) is 4.79 Å². The van der Waals surface area contributed by atoms with Gasteiger partial charge in [-0.25, -0.2) is 0 Å². The molecule has 0 heterocycles. The summed E-state index contributed by atoms with van der Waals surface area (Å²) in [6.45, 7) is 2.02. The van der Waals surface area contributed by atoms with E-state index in [-0.39, 0.29) is 17.7 Å². The molecule has 0 fully saturated rings. The van der Waals surface area contributed by atoms with Gasteiger partial charge < -0.3 is 10.0 Å². The summed E-state index contributed by atoms with van der Waals surface area (Å²) >= 11 is 1.72. The molecular formula is C12H17NO2S. The van der Waals surface area contributed by atoms with E-state index in [0.717, 1.165) is 5.75 Å². The van der Waals surface area contributed by atoms with Crippen LogP contribution in [0.1, 0.15) is 17.3 Å². The molecule has 0 saturated carbocycles. The Balaban J connectivity index is 2.73. The van der Waals surface area contributed by atoms with Crippen LogP contribution in [-0.4, -0.2) is 41.0 Å². The average Bonchev–Trinajstić information content (AvgIpc) is 2.28. The van der Waals surface area contributed by atoms with Gasteiger partial charge in [-0.05, 0) is 37.4 Å². The van der Waals surface area contributed by atoms with Crippen LogP contribution in [0.4, 0.5) is 0 Å². The molecule has 1 aromatic carbocycles. The zero-order chi connectivity index (χ0) is 12.1. The van der Waals surface area contributed by atoms with E-state index in [1.807, 2.05) is 13.2 Å². The van der Waals surface area contributed by atoms with Crippen LogP contribution in [0.3, 0.4) is 0 Å². The van der Waals surface area contributed by atoms with Crippen LogP contribution in [0.2, 0.25) is 0 Å². The molecular weight excluding hydrogens is 222 g/mol. The van der Waals surface area contributed by atoms with E-state index in [0.29, 0.717) is 5.56 Å². The molecule has 1 rings (SSSR count). The van der Waals surface area contributed by atoms with E-state index in [4.69, 9.17) is 5.11 Å². The van der Waals surface area contributed by atoms with Crippen LogP contribution in [0.15, 0.2) is 24.3 Å². The van der Waals surface area contributed by atoms with Crippen LogP contribution >= 0.6 is 11.8 Å². The Hall–Kier alpha value is -1.16. The van der Waals surface area contributed by atoms with Crippen molar-refractivity contribution in [3.8, 4) is 5.75 Å². The van der Waals surface area contributed by atoms with Crippen molar-refractivity contribution in [3.05, 3.63) is 29.8 Å². The van der Waals surface area contributed by atoms with Gasteiger partial charge in [0.15, 0.2) is 0 Å². The van der Waals surface area contributed by atoms with Gasteiger partial charge >= 0.3 is 0 Å². The zero-order valence-electron chi connectivity index (χ0n) is 9.80. The van der Waals surface area contributed by atoms with Crippen LogP contribution < -0.4 is 0 Å². The van der Waals surface area contributed by atoms with Crippen LogP contribution in [-0.2, 0) is 0 Å². The van der Waals surface area contributed by atoms with Crippen molar-refractivity contribution in [1.82, 2.24) is 4.90 Å². The molecule has 0 spiro atoms. The summed E-state index contributed by atoms with van der Waals surface area (Å²) in [4.78, 5) is 13.7. The molecule has 1 amide bonds. The fourth-order valence-corrected chi connectivity index (χ4v) is 2.07. The number of rotatable bonds is 4. The fraction of sp³-hybridized carbons (Fsp3) is 0.417. The molecule has 1 aromatic rings. The number of aromatic hydroxyl groups is 1. The Morgan fingerprint density at radius 1 is 1.44 bits per heavy atom. The summed E-state index contributed by atoms with van der Waals surface area (Å²) in [5.74, 6) is 1.08. The van der Waals surface area contributed by atoms with Crippen molar-refractivity contribution in [3.63, 3.8) is 0 Å². The maximum absolute atomic E-state index is 12.0. The highest BCUT2D eigenvalue weighted by Crippen LogP contribution is 2.13. The topological polar surface area (TPSA) is 40.5 Å². The van der Waals surface area contributed by atoms with Crippen molar-refractivity contribution in [1.29, 1.82) is 0 Å². The number of benzene rings is 1. The number of nitrogens with zero attached hydrogens (tertiary/aromatic N) is 1. The van der Waals surface area contributed by atoms with E-state index < -0.39 is 0 Å². The Bertz CT molecular complexity index is 351. The lowest BCUT2D eigenvalue weighted by Gasteiger charge is -2.24. The lowest BCUT2D eigenvalue weighted by molar-refractivity contribution is 0.0757. The van der Waals surface area contributed by atoms with Gasteiger partial charge in [-0.15, -0.1) is 0 Å². The van der Waals surface area contributed by atoms with E-state index in [1.54, 1.807) is 35.8 Å². The quantitative estimate of drug-likeness (QED) is 0.875. The first-order chi connectivity index (χ1) is 7.56. The average molecular weight is 239 g/mol. The van der Waals surface area contributed by atoms with Crippen LogP contribution in [0.25, 0.3) is 0 Å². The molecule has 4 heteroatoms. The lowest BCUT2D eigenvalue weighted by atomic mass is 10.2. The third-order valence-corrected chi connectivity index (χ3v) is 3.32. The van der Waals surface area contributed by atoms with Crippen molar-refractivity contribution in [2.24, 2.45) is 0 Å². The third kappa shape index (κ3) is 3.17. The van der Waals surface area contributed by atoms with E-state index in [1.165, 1.54) is 12.1 Å². The van der Waals surface area contributed by atoms with Crippen LogP contribution in [0.5, 0.6) is 5.75 Å². The minimum atomic E-state index is -0.0125. The Morgan fingerprint density at radius 2 is 2.00 bits per heavy atom. The molecule has 88 valence electrons. The number of phenols is 1. The smallest absolute Gasteiger partial charge is 0.253 e. The second-order valence-corrected chi connectivity index (χ2v) is 4.68. The molecule has 1 N–H and O–H groups in total. The number of carbonyl (C=O) groups excluding carboxylic acids is 1. The summed E-state index contributed by atoms with van der Waals surface area (Å²) in [5.41, 5.74) is 0.605. The Morgan fingerprint density at radius 3 is 2.50 bits per heavy atom. The minimum Gasteiger partial charge on any atom is -0.508 e. The predicted octanol–water partition coefficient (Wildman–Crippen LogP) is 2.22. The summed E-state index contributed by atoms with van der Waals surface area (Å²) in [6, 6.07) is 6.54. The normalized spacial score (nSPS) is 12.2. The lowest BCUT2D eigenvalue weighted by Crippen LogP contribution is -2.36. The molecule has 16 heavy (non-hydrogen) atoms.